The minimum atomic E-state index is 0. The van der Waals surface area contributed by atoms with Crippen LogP contribution in [-0.2, 0) is 6.42 Å². The zero-order valence-corrected chi connectivity index (χ0v) is 16.7. The maximum Gasteiger partial charge on any atom is 0.160 e. The molecule has 1 N–H and O–H groups in total. The SMILES string of the molecule is COc1ccc(CCNc2c3ccccc3nc3ccccc23)cc1OC.[Cl-]. The summed E-state index contributed by atoms with van der Waals surface area (Å²) in [6.45, 7) is 0.813. The quantitative estimate of drug-likeness (QED) is 0.509. The number of methoxy groups -OCH3 is 2. The number of hydrogen-bond acceptors (Lipinski definition) is 4. The summed E-state index contributed by atoms with van der Waals surface area (Å²) in [4.78, 5) is 4.78. The van der Waals surface area contributed by atoms with E-state index in [0.717, 1.165) is 52.0 Å². The molecular formula is C23H22ClN2O2-. The summed E-state index contributed by atoms with van der Waals surface area (Å²) >= 11 is 0. The average molecular weight is 394 g/mol. The molecule has 4 rings (SSSR count). The molecule has 5 heteroatoms. The van der Waals surface area contributed by atoms with Gasteiger partial charge in [-0.1, -0.05) is 42.5 Å². The number of para-hydroxylation sites is 2. The van der Waals surface area contributed by atoms with Crippen molar-refractivity contribution < 1.29 is 21.9 Å². The van der Waals surface area contributed by atoms with Crippen LogP contribution in [-0.4, -0.2) is 25.7 Å². The van der Waals surface area contributed by atoms with E-state index in [0.29, 0.717) is 0 Å². The van der Waals surface area contributed by atoms with E-state index in [-0.39, 0.29) is 12.4 Å². The molecule has 0 bridgehead atoms. The normalized spacial score (nSPS) is 10.5. The third kappa shape index (κ3) is 3.82. The zero-order valence-electron chi connectivity index (χ0n) is 15.9. The monoisotopic (exact) mass is 393 g/mol. The van der Waals surface area contributed by atoms with E-state index in [1.165, 1.54) is 5.56 Å². The van der Waals surface area contributed by atoms with Crippen molar-refractivity contribution in [3.8, 4) is 11.5 Å². The lowest BCUT2D eigenvalue weighted by Gasteiger charge is -2.14. The van der Waals surface area contributed by atoms with Crippen molar-refractivity contribution in [1.82, 2.24) is 4.98 Å². The van der Waals surface area contributed by atoms with Crippen molar-refractivity contribution in [1.29, 1.82) is 0 Å². The third-order valence-electron chi connectivity index (χ3n) is 4.75. The molecule has 1 heterocycles. The smallest absolute Gasteiger partial charge is 0.160 e. The summed E-state index contributed by atoms with van der Waals surface area (Å²) in [6, 6.07) is 22.6. The van der Waals surface area contributed by atoms with Crippen LogP contribution >= 0.6 is 0 Å². The van der Waals surface area contributed by atoms with Gasteiger partial charge in [0.25, 0.3) is 0 Å². The number of pyridine rings is 1. The van der Waals surface area contributed by atoms with Crippen LogP contribution in [0.1, 0.15) is 5.56 Å². The van der Waals surface area contributed by atoms with Gasteiger partial charge in [-0.05, 0) is 36.2 Å². The number of ether oxygens (including phenoxy) is 2. The van der Waals surface area contributed by atoms with Gasteiger partial charge < -0.3 is 27.2 Å². The highest BCUT2D eigenvalue weighted by molar-refractivity contribution is 6.07. The molecule has 0 radical (unpaired) electrons. The first-order chi connectivity index (χ1) is 13.3. The third-order valence-corrected chi connectivity index (χ3v) is 4.75. The highest BCUT2D eigenvalue weighted by Gasteiger charge is 2.09. The molecule has 0 unspecified atom stereocenters. The minimum absolute atomic E-state index is 0. The molecule has 4 nitrogen and oxygen atoms in total. The number of hydrogen-bond donors (Lipinski definition) is 1. The van der Waals surface area contributed by atoms with Gasteiger partial charge in [0, 0.05) is 17.3 Å². The first kappa shape index (κ1) is 19.8. The second-order valence-corrected chi connectivity index (χ2v) is 6.39. The Morgan fingerprint density at radius 2 is 1.39 bits per heavy atom. The summed E-state index contributed by atoms with van der Waals surface area (Å²) in [5.41, 5.74) is 4.34. The van der Waals surface area contributed by atoms with Gasteiger partial charge in [0.05, 0.1) is 30.9 Å². The summed E-state index contributed by atoms with van der Waals surface area (Å²) in [5, 5.41) is 5.92. The van der Waals surface area contributed by atoms with Crippen molar-refractivity contribution in [2.45, 2.75) is 6.42 Å². The van der Waals surface area contributed by atoms with E-state index in [1.54, 1.807) is 14.2 Å². The van der Waals surface area contributed by atoms with Crippen LogP contribution in [0.25, 0.3) is 21.8 Å². The van der Waals surface area contributed by atoms with Gasteiger partial charge in [0.15, 0.2) is 11.5 Å². The Morgan fingerprint density at radius 3 is 2.00 bits per heavy atom. The lowest BCUT2D eigenvalue weighted by atomic mass is 10.1. The standard InChI is InChI=1S/C23H22N2O2.ClH/c1-26-21-12-11-16(15-22(21)27-2)13-14-24-23-17-7-3-5-9-19(17)25-20-10-6-4-8-18(20)23;/h3-12,15H,13-14H2,1-2H3,(H,24,25);1H/p-1. The van der Waals surface area contributed by atoms with E-state index >= 15 is 0 Å². The van der Waals surface area contributed by atoms with Gasteiger partial charge >= 0.3 is 0 Å². The van der Waals surface area contributed by atoms with Gasteiger partial charge in [-0.15, -0.1) is 0 Å². The molecule has 0 fully saturated rings. The molecule has 0 amide bonds. The maximum atomic E-state index is 5.40. The molecule has 28 heavy (non-hydrogen) atoms. The fourth-order valence-corrected chi connectivity index (χ4v) is 3.40. The van der Waals surface area contributed by atoms with Crippen LogP contribution in [0, 0.1) is 0 Å². The fourth-order valence-electron chi connectivity index (χ4n) is 3.40. The number of rotatable bonds is 6. The number of nitrogens with zero attached hydrogens (tertiary/aromatic N) is 1. The second kappa shape index (κ2) is 8.81. The largest absolute Gasteiger partial charge is 1.00 e. The maximum absolute atomic E-state index is 5.40. The van der Waals surface area contributed by atoms with Gasteiger partial charge in [0.2, 0.25) is 0 Å². The zero-order chi connectivity index (χ0) is 18.6. The second-order valence-electron chi connectivity index (χ2n) is 6.39. The predicted octanol–water partition coefficient (Wildman–Crippen LogP) is 2.06. The average Bonchev–Trinajstić information content (AvgIpc) is 2.73. The summed E-state index contributed by atoms with van der Waals surface area (Å²) < 4.78 is 10.7. The molecule has 0 spiro atoms. The topological polar surface area (TPSA) is 43.4 Å². The Kier molecular flexibility index (Phi) is 6.22. The van der Waals surface area contributed by atoms with Crippen LogP contribution in [0.2, 0.25) is 0 Å². The molecule has 0 aliphatic rings. The molecular weight excluding hydrogens is 372 g/mol. The highest BCUT2D eigenvalue weighted by atomic mass is 35.5. The molecule has 1 aromatic heterocycles. The van der Waals surface area contributed by atoms with Gasteiger partial charge in [-0.2, -0.15) is 0 Å². The molecule has 0 aliphatic heterocycles. The molecule has 0 saturated carbocycles. The minimum Gasteiger partial charge on any atom is -1.00 e. The van der Waals surface area contributed by atoms with E-state index < -0.39 is 0 Å². The van der Waals surface area contributed by atoms with Crippen molar-refractivity contribution >= 4 is 27.5 Å². The number of aromatic nitrogens is 1. The lowest BCUT2D eigenvalue weighted by Crippen LogP contribution is -3.00. The molecule has 3 aromatic carbocycles. The van der Waals surface area contributed by atoms with E-state index in [4.69, 9.17) is 14.5 Å². The van der Waals surface area contributed by atoms with Crippen molar-refractivity contribution in [3.63, 3.8) is 0 Å². The molecule has 0 atom stereocenters. The number of halogens is 1. The Balaban J connectivity index is 0.00000225. The molecule has 0 aliphatic carbocycles. The Labute approximate surface area is 170 Å². The Bertz CT molecular complexity index is 1040. The van der Waals surface area contributed by atoms with Crippen LogP contribution in [0.5, 0.6) is 11.5 Å². The molecule has 144 valence electrons. The van der Waals surface area contributed by atoms with Crippen LogP contribution in [0.4, 0.5) is 5.69 Å². The number of anilines is 1. The van der Waals surface area contributed by atoms with E-state index in [1.807, 2.05) is 24.3 Å². The van der Waals surface area contributed by atoms with Crippen molar-refractivity contribution in [2.24, 2.45) is 0 Å². The Morgan fingerprint density at radius 1 is 0.786 bits per heavy atom. The van der Waals surface area contributed by atoms with Gasteiger partial charge in [-0.3, -0.25) is 0 Å². The summed E-state index contributed by atoms with van der Waals surface area (Å²) in [5.74, 6) is 1.51. The van der Waals surface area contributed by atoms with Crippen LogP contribution in [0.15, 0.2) is 66.7 Å². The summed E-state index contributed by atoms with van der Waals surface area (Å²) in [6.07, 6.45) is 0.880. The lowest BCUT2D eigenvalue weighted by molar-refractivity contribution is -0.00000588. The first-order valence-corrected chi connectivity index (χ1v) is 9.02. The Hall–Kier alpha value is -2.98. The first-order valence-electron chi connectivity index (χ1n) is 9.02. The van der Waals surface area contributed by atoms with Crippen molar-refractivity contribution in [2.75, 3.05) is 26.1 Å². The highest BCUT2D eigenvalue weighted by Crippen LogP contribution is 2.31. The molecule has 4 aromatic rings. The van der Waals surface area contributed by atoms with Crippen LogP contribution in [0.3, 0.4) is 0 Å². The fraction of sp³-hybridized carbons (Fsp3) is 0.174. The van der Waals surface area contributed by atoms with E-state index in [9.17, 15) is 0 Å². The predicted molar refractivity (Wildman–Crippen MR) is 111 cm³/mol. The number of fused-ring (bicyclic) bond motifs is 2. The van der Waals surface area contributed by atoms with E-state index in [2.05, 4.69) is 47.8 Å². The summed E-state index contributed by atoms with van der Waals surface area (Å²) in [7, 11) is 3.31. The van der Waals surface area contributed by atoms with Crippen molar-refractivity contribution in [3.05, 3.63) is 72.3 Å². The van der Waals surface area contributed by atoms with Gasteiger partial charge in [0.1, 0.15) is 0 Å². The van der Waals surface area contributed by atoms with Crippen LogP contribution < -0.4 is 27.2 Å². The number of benzene rings is 3. The van der Waals surface area contributed by atoms with Gasteiger partial charge in [-0.25, -0.2) is 4.98 Å². The molecule has 0 saturated heterocycles. The number of nitrogens with one attached hydrogen (secondary N) is 1.